The summed E-state index contributed by atoms with van der Waals surface area (Å²) in [5.74, 6) is -1.33. The Balaban J connectivity index is 1.94. The van der Waals surface area contributed by atoms with Gasteiger partial charge in [-0.3, -0.25) is 9.69 Å². The molecule has 0 bridgehead atoms. The van der Waals surface area contributed by atoms with E-state index in [-0.39, 0.29) is 22.9 Å². The average Bonchev–Trinajstić information content (AvgIpc) is 3.28. The third-order valence-corrected chi connectivity index (χ3v) is 7.32. The van der Waals surface area contributed by atoms with Crippen LogP contribution in [-0.2, 0) is 27.0 Å². The first kappa shape index (κ1) is 32.0. The number of ether oxygens (including phenoxy) is 1. The first-order chi connectivity index (χ1) is 20.6. The summed E-state index contributed by atoms with van der Waals surface area (Å²) in [7, 11) is 8.69. The third kappa shape index (κ3) is 6.37. The van der Waals surface area contributed by atoms with Crippen molar-refractivity contribution in [3.8, 4) is 6.07 Å². The smallest absolute Gasteiger partial charge is 0.416 e. The van der Waals surface area contributed by atoms with Crippen molar-refractivity contribution in [3.63, 3.8) is 0 Å². The molecule has 0 fully saturated rings. The van der Waals surface area contributed by atoms with Crippen LogP contribution in [0.1, 0.15) is 29.7 Å². The number of hydrogen-bond acceptors (Lipinski definition) is 7. The molecule has 1 unspecified atom stereocenters. The van der Waals surface area contributed by atoms with Crippen molar-refractivity contribution >= 4 is 23.5 Å². The molecule has 3 aromatic rings. The van der Waals surface area contributed by atoms with Gasteiger partial charge in [0.05, 0.1) is 64.1 Å². The number of nitrogens with zero attached hydrogens (tertiary/aromatic N) is 7. The molecule has 1 atom stereocenters. The van der Waals surface area contributed by atoms with Gasteiger partial charge in [-0.1, -0.05) is 18.2 Å². The van der Waals surface area contributed by atoms with Gasteiger partial charge in [0.25, 0.3) is 0 Å². The summed E-state index contributed by atoms with van der Waals surface area (Å²) in [5.41, 5.74) is -0.839. The molecule has 44 heavy (non-hydrogen) atoms. The molecule has 1 aliphatic rings. The van der Waals surface area contributed by atoms with Gasteiger partial charge in [0.2, 0.25) is 11.9 Å². The minimum Gasteiger partial charge on any atom is -0.466 e. The summed E-state index contributed by atoms with van der Waals surface area (Å²) >= 11 is 0. The molecule has 0 saturated heterocycles. The van der Waals surface area contributed by atoms with Crippen LogP contribution in [0.3, 0.4) is 0 Å². The van der Waals surface area contributed by atoms with Gasteiger partial charge in [0.15, 0.2) is 0 Å². The number of alkyl halides is 3. The molecule has 11 nitrogen and oxygen atoms in total. The fraction of sp³-hybridized carbons (Fsp3) is 0.367. The van der Waals surface area contributed by atoms with Crippen molar-refractivity contribution < 1.29 is 32.0 Å². The quantitative estimate of drug-likeness (QED) is 0.284. The molecule has 0 saturated carbocycles. The molecule has 0 aliphatic carbocycles. The van der Waals surface area contributed by atoms with Crippen molar-refractivity contribution in [2.75, 3.05) is 53.3 Å². The summed E-state index contributed by atoms with van der Waals surface area (Å²) in [6, 6.07) is 11.4. The van der Waals surface area contributed by atoms with Gasteiger partial charge < -0.3 is 14.1 Å². The van der Waals surface area contributed by atoms with Gasteiger partial charge in [0, 0.05) is 18.4 Å². The molecule has 4 rings (SSSR count). The van der Waals surface area contributed by atoms with Gasteiger partial charge in [-0.2, -0.15) is 18.4 Å². The van der Waals surface area contributed by atoms with Crippen molar-refractivity contribution in [2.45, 2.75) is 25.7 Å². The standard InChI is InChI=1S/C30H33F3N7O4/c1-19-25(27(42)44-6)26(21-12-10-20(17-34)11-13-21)39-28(38(19)23-9-7-8-22(16-23)30(31,32)33)35-37(29(39)43)18-24(41)36(2)14-15-40(3,4)5/h7-13,16,26H,14-15,18H2,1-6H3/q+1. The number of aromatic nitrogens is 3. The van der Waals surface area contributed by atoms with Crippen LogP contribution >= 0.6 is 0 Å². The molecule has 1 amide bonds. The van der Waals surface area contributed by atoms with E-state index < -0.39 is 41.9 Å². The van der Waals surface area contributed by atoms with E-state index in [4.69, 9.17) is 4.74 Å². The highest BCUT2D eigenvalue weighted by Gasteiger charge is 2.41. The number of amides is 1. The first-order valence-corrected chi connectivity index (χ1v) is 13.6. The number of esters is 1. The number of likely N-dealkylation sites (N-methyl/N-ethyl adjacent to an activating group) is 2. The van der Waals surface area contributed by atoms with Crippen molar-refractivity contribution in [2.24, 2.45) is 0 Å². The van der Waals surface area contributed by atoms with E-state index in [1.165, 1.54) is 41.0 Å². The zero-order valence-corrected chi connectivity index (χ0v) is 25.2. The summed E-state index contributed by atoms with van der Waals surface area (Å²) in [4.78, 5) is 43.2. The number of quaternary nitrogens is 1. The van der Waals surface area contributed by atoms with E-state index >= 15 is 0 Å². The van der Waals surface area contributed by atoms with E-state index in [1.807, 2.05) is 27.2 Å². The number of carbonyl (C=O) groups excluding carboxylic acids is 2. The minimum atomic E-state index is -4.67. The van der Waals surface area contributed by atoms with Crippen LogP contribution in [0, 0.1) is 11.3 Å². The maximum Gasteiger partial charge on any atom is 0.416 e. The fourth-order valence-corrected chi connectivity index (χ4v) is 4.87. The summed E-state index contributed by atoms with van der Waals surface area (Å²) in [6.45, 7) is 2.12. The maximum absolute atomic E-state index is 14.0. The Kier molecular flexibility index (Phi) is 8.74. The molecule has 1 aliphatic heterocycles. The van der Waals surface area contributed by atoms with E-state index in [2.05, 4.69) is 5.10 Å². The SMILES string of the molecule is COC(=O)C1=C(C)N(c2cccc(C(F)(F)F)c2)c2nn(CC(=O)N(C)CC[N+](C)(C)C)c(=O)n2C1c1ccc(C#N)cc1. The Labute approximate surface area is 252 Å². The molecule has 2 aromatic carbocycles. The van der Waals surface area contributed by atoms with Crippen molar-refractivity contribution in [3.05, 3.63) is 87.0 Å². The summed E-state index contributed by atoms with van der Waals surface area (Å²) in [5, 5.41) is 13.7. The molecule has 0 spiro atoms. The van der Waals surface area contributed by atoms with Crippen LogP contribution in [0.15, 0.2) is 64.6 Å². The second-order valence-electron chi connectivity index (χ2n) is 11.4. The number of halogens is 3. The highest BCUT2D eigenvalue weighted by Crippen LogP contribution is 2.43. The number of carbonyl (C=O) groups is 2. The van der Waals surface area contributed by atoms with E-state index in [1.54, 1.807) is 19.2 Å². The molecule has 0 N–H and O–H groups in total. The topological polar surface area (TPSA) is 113 Å². The number of rotatable bonds is 8. The second-order valence-corrected chi connectivity index (χ2v) is 11.4. The zero-order chi connectivity index (χ0) is 32.6. The molecule has 14 heteroatoms. The lowest BCUT2D eigenvalue weighted by Crippen LogP contribution is -2.44. The second kappa shape index (κ2) is 12.0. The number of hydrogen-bond donors (Lipinski definition) is 0. The molecular formula is C30H33F3N7O4+. The highest BCUT2D eigenvalue weighted by molar-refractivity contribution is 5.93. The lowest BCUT2D eigenvalue weighted by molar-refractivity contribution is -0.869. The highest BCUT2D eigenvalue weighted by atomic mass is 19.4. The van der Waals surface area contributed by atoms with Gasteiger partial charge in [-0.25, -0.2) is 18.8 Å². The number of methoxy groups -OCH3 is 1. The van der Waals surface area contributed by atoms with Gasteiger partial charge in [-0.05, 0) is 42.8 Å². The molecule has 2 heterocycles. The van der Waals surface area contributed by atoms with Crippen LogP contribution < -0.4 is 10.6 Å². The normalized spacial score (nSPS) is 15.1. The van der Waals surface area contributed by atoms with E-state index in [9.17, 15) is 32.8 Å². The predicted octanol–water partition coefficient (Wildman–Crippen LogP) is 3.29. The van der Waals surface area contributed by atoms with Crippen LogP contribution in [0.25, 0.3) is 0 Å². The molecule has 0 radical (unpaired) electrons. The molecule has 1 aromatic heterocycles. The number of benzene rings is 2. The lowest BCUT2D eigenvalue weighted by Gasteiger charge is -2.35. The summed E-state index contributed by atoms with van der Waals surface area (Å²) < 4.78 is 48.9. The predicted molar refractivity (Wildman–Crippen MR) is 155 cm³/mol. The number of allylic oxidation sites excluding steroid dienone is 1. The average molecular weight is 613 g/mol. The summed E-state index contributed by atoms with van der Waals surface area (Å²) in [6.07, 6.45) is -4.67. The lowest BCUT2D eigenvalue weighted by atomic mass is 9.93. The largest absolute Gasteiger partial charge is 0.466 e. The number of anilines is 2. The number of fused-ring (bicyclic) bond motifs is 1. The Morgan fingerprint density at radius 1 is 1.14 bits per heavy atom. The monoisotopic (exact) mass is 612 g/mol. The van der Waals surface area contributed by atoms with Crippen LogP contribution in [0.4, 0.5) is 24.8 Å². The Bertz CT molecular complexity index is 1710. The zero-order valence-electron chi connectivity index (χ0n) is 25.2. The third-order valence-electron chi connectivity index (χ3n) is 7.32. The van der Waals surface area contributed by atoms with Crippen LogP contribution in [0.5, 0.6) is 0 Å². The van der Waals surface area contributed by atoms with Crippen LogP contribution in [0.2, 0.25) is 0 Å². The van der Waals surface area contributed by atoms with Crippen molar-refractivity contribution in [1.82, 2.24) is 19.2 Å². The van der Waals surface area contributed by atoms with Crippen molar-refractivity contribution in [1.29, 1.82) is 5.26 Å². The van der Waals surface area contributed by atoms with Crippen LogP contribution in [-0.4, -0.2) is 84.0 Å². The molecule has 232 valence electrons. The maximum atomic E-state index is 14.0. The Morgan fingerprint density at radius 2 is 1.80 bits per heavy atom. The van der Waals surface area contributed by atoms with E-state index in [0.29, 0.717) is 28.7 Å². The van der Waals surface area contributed by atoms with Gasteiger partial charge in [0.1, 0.15) is 12.6 Å². The van der Waals surface area contributed by atoms with Gasteiger partial charge >= 0.3 is 17.8 Å². The first-order valence-electron chi connectivity index (χ1n) is 13.6. The van der Waals surface area contributed by atoms with E-state index in [0.717, 1.165) is 28.5 Å². The molecular weight excluding hydrogens is 579 g/mol. The minimum absolute atomic E-state index is 0.0122. The Morgan fingerprint density at radius 3 is 2.36 bits per heavy atom. The van der Waals surface area contributed by atoms with Gasteiger partial charge in [-0.15, -0.1) is 5.10 Å². The Hall–Kier alpha value is -4.90. The fourth-order valence-electron chi connectivity index (χ4n) is 4.87. The number of nitriles is 1.